The molecular weight excluding hydrogens is 228 g/mol. The van der Waals surface area contributed by atoms with Crippen LogP contribution in [0, 0.1) is 0 Å². The molecule has 0 saturated carbocycles. The summed E-state index contributed by atoms with van der Waals surface area (Å²) in [5, 5.41) is 0. The van der Waals surface area contributed by atoms with Crippen LogP contribution >= 0.6 is 0 Å². The van der Waals surface area contributed by atoms with Gasteiger partial charge in [0, 0.05) is 17.7 Å². The van der Waals surface area contributed by atoms with Gasteiger partial charge in [0.25, 0.3) is 0 Å². The lowest BCUT2D eigenvalue weighted by Crippen LogP contribution is -2.30. The fraction of sp³-hybridized carbons (Fsp3) is 0.400. The molecule has 96 valence electrons. The van der Waals surface area contributed by atoms with Crippen LogP contribution in [0.15, 0.2) is 36.4 Å². The molecule has 0 amide bonds. The third-order valence-electron chi connectivity index (χ3n) is 3.48. The van der Waals surface area contributed by atoms with Crippen LogP contribution in [0.25, 0.3) is 0 Å². The summed E-state index contributed by atoms with van der Waals surface area (Å²) in [6.07, 6.45) is 1.83. The fourth-order valence-electron chi connectivity index (χ4n) is 2.17. The standard InChI is InChI=1S/C15H18O3/c1-11(15(2)9-4-10-18-15)14(16)12-5-7-13(17-3)8-6-12/h5-8H,1,4,9-10H2,2-3H3/t15-/m1/s1. The minimum atomic E-state index is -0.503. The zero-order valence-corrected chi connectivity index (χ0v) is 10.9. The van der Waals surface area contributed by atoms with Gasteiger partial charge in [0.1, 0.15) is 5.75 Å². The van der Waals surface area contributed by atoms with E-state index < -0.39 is 5.60 Å². The lowest BCUT2D eigenvalue weighted by atomic mass is 9.88. The molecule has 1 aromatic rings. The van der Waals surface area contributed by atoms with Crippen LogP contribution in [0.2, 0.25) is 0 Å². The first-order valence-electron chi connectivity index (χ1n) is 6.09. The molecule has 3 nitrogen and oxygen atoms in total. The molecule has 0 N–H and O–H groups in total. The topological polar surface area (TPSA) is 35.5 Å². The molecule has 1 aliphatic heterocycles. The van der Waals surface area contributed by atoms with Gasteiger partial charge in [-0.25, -0.2) is 0 Å². The van der Waals surface area contributed by atoms with Gasteiger partial charge in [0.05, 0.1) is 12.7 Å². The second-order valence-electron chi connectivity index (χ2n) is 4.72. The van der Waals surface area contributed by atoms with Crippen molar-refractivity contribution in [1.29, 1.82) is 0 Å². The highest BCUT2D eigenvalue weighted by molar-refractivity contribution is 6.09. The number of hydrogen-bond donors (Lipinski definition) is 0. The van der Waals surface area contributed by atoms with E-state index in [2.05, 4.69) is 6.58 Å². The summed E-state index contributed by atoms with van der Waals surface area (Å²) in [6.45, 7) is 6.56. The quantitative estimate of drug-likeness (QED) is 0.605. The minimum absolute atomic E-state index is 0.0537. The third kappa shape index (κ3) is 2.31. The normalized spacial score (nSPS) is 22.8. The molecule has 3 heteroatoms. The highest BCUT2D eigenvalue weighted by Crippen LogP contribution is 2.33. The summed E-state index contributed by atoms with van der Waals surface area (Å²) < 4.78 is 10.7. The Bertz CT molecular complexity index is 453. The third-order valence-corrected chi connectivity index (χ3v) is 3.48. The number of carbonyl (C=O) groups excluding carboxylic acids is 1. The number of carbonyl (C=O) groups is 1. The first-order chi connectivity index (χ1) is 8.57. The molecule has 0 aliphatic carbocycles. The Morgan fingerprint density at radius 1 is 1.39 bits per heavy atom. The minimum Gasteiger partial charge on any atom is -0.497 e. The molecule has 0 aromatic heterocycles. The number of methoxy groups -OCH3 is 1. The van der Waals surface area contributed by atoms with Crippen molar-refractivity contribution in [3.05, 3.63) is 42.0 Å². The van der Waals surface area contributed by atoms with Crippen molar-refractivity contribution in [2.24, 2.45) is 0 Å². The van der Waals surface area contributed by atoms with Gasteiger partial charge in [0.15, 0.2) is 5.78 Å². The van der Waals surface area contributed by atoms with Gasteiger partial charge in [-0.15, -0.1) is 0 Å². The second kappa shape index (κ2) is 4.94. The van der Waals surface area contributed by atoms with E-state index >= 15 is 0 Å². The van der Waals surface area contributed by atoms with E-state index in [9.17, 15) is 4.79 Å². The molecule has 1 saturated heterocycles. The predicted octanol–water partition coefficient (Wildman–Crippen LogP) is 3.00. The largest absolute Gasteiger partial charge is 0.497 e. The Labute approximate surface area is 107 Å². The average Bonchev–Trinajstić information content (AvgIpc) is 2.85. The van der Waals surface area contributed by atoms with Gasteiger partial charge in [-0.1, -0.05) is 6.58 Å². The van der Waals surface area contributed by atoms with E-state index in [-0.39, 0.29) is 5.78 Å². The molecule has 0 bridgehead atoms. The fourth-order valence-corrected chi connectivity index (χ4v) is 2.17. The van der Waals surface area contributed by atoms with Crippen molar-refractivity contribution in [3.63, 3.8) is 0 Å². The molecule has 18 heavy (non-hydrogen) atoms. The van der Waals surface area contributed by atoms with Crippen molar-refractivity contribution >= 4 is 5.78 Å². The van der Waals surface area contributed by atoms with Gasteiger partial charge < -0.3 is 9.47 Å². The number of rotatable bonds is 4. The lowest BCUT2D eigenvalue weighted by molar-refractivity contribution is 0.0475. The Hall–Kier alpha value is -1.61. The van der Waals surface area contributed by atoms with Crippen LogP contribution in [-0.4, -0.2) is 25.1 Å². The predicted molar refractivity (Wildman–Crippen MR) is 70.1 cm³/mol. The molecule has 2 rings (SSSR count). The highest BCUT2D eigenvalue weighted by Gasteiger charge is 2.36. The van der Waals surface area contributed by atoms with E-state index in [0.717, 1.165) is 18.6 Å². The van der Waals surface area contributed by atoms with Crippen LogP contribution in [0.4, 0.5) is 0 Å². The zero-order chi connectivity index (χ0) is 13.2. The van der Waals surface area contributed by atoms with Crippen molar-refractivity contribution in [1.82, 2.24) is 0 Å². The Morgan fingerprint density at radius 3 is 2.56 bits per heavy atom. The van der Waals surface area contributed by atoms with Gasteiger partial charge in [-0.05, 0) is 44.0 Å². The first-order valence-corrected chi connectivity index (χ1v) is 6.09. The van der Waals surface area contributed by atoms with Crippen LogP contribution in [0.3, 0.4) is 0 Å². The van der Waals surface area contributed by atoms with E-state index in [1.165, 1.54) is 0 Å². The van der Waals surface area contributed by atoms with Crippen molar-refractivity contribution in [2.75, 3.05) is 13.7 Å². The van der Waals surface area contributed by atoms with E-state index in [1.54, 1.807) is 31.4 Å². The summed E-state index contributed by atoms with van der Waals surface area (Å²) in [5.41, 5.74) is 0.652. The highest BCUT2D eigenvalue weighted by atomic mass is 16.5. The van der Waals surface area contributed by atoms with Crippen molar-refractivity contribution < 1.29 is 14.3 Å². The van der Waals surface area contributed by atoms with Crippen LogP contribution in [0.5, 0.6) is 5.75 Å². The molecule has 0 radical (unpaired) electrons. The second-order valence-corrected chi connectivity index (χ2v) is 4.72. The summed E-state index contributed by atoms with van der Waals surface area (Å²) in [5.74, 6) is 0.683. The van der Waals surface area contributed by atoms with Gasteiger partial charge in [-0.3, -0.25) is 4.79 Å². The molecule has 1 heterocycles. The Kier molecular flexibility index (Phi) is 3.53. The SMILES string of the molecule is C=C(C(=O)c1ccc(OC)cc1)[C@@]1(C)CCCO1. The zero-order valence-electron chi connectivity index (χ0n) is 10.9. The van der Waals surface area contributed by atoms with Gasteiger partial charge in [-0.2, -0.15) is 0 Å². The average molecular weight is 246 g/mol. The van der Waals surface area contributed by atoms with Crippen molar-refractivity contribution in [3.8, 4) is 5.75 Å². The Balaban J connectivity index is 2.17. The first kappa shape index (κ1) is 12.8. The van der Waals surface area contributed by atoms with Crippen molar-refractivity contribution in [2.45, 2.75) is 25.4 Å². The molecule has 0 unspecified atom stereocenters. The number of ether oxygens (including phenoxy) is 2. The molecule has 1 aromatic carbocycles. The molecule has 1 atom stereocenters. The lowest BCUT2D eigenvalue weighted by Gasteiger charge is -2.24. The number of hydrogen-bond acceptors (Lipinski definition) is 3. The molecule has 1 fully saturated rings. The van der Waals surface area contributed by atoms with E-state index in [4.69, 9.17) is 9.47 Å². The summed E-state index contributed by atoms with van der Waals surface area (Å²) in [7, 11) is 1.60. The van der Waals surface area contributed by atoms with E-state index in [1.807, 2.05) is 6.92 Å². The maximum atomic E-state index is 12.3. The smallest absolute Gasteiger partial charge is 0.191 e. The van der Waals surface area contributed by atoms with Crippen LogP contribution in [0.1, 0.15) is 30.1 Å². The monoisotopic (exact) mass is 246 g/mol. The molecule has 0 spiro atoms. The summed E-state index contributed by atoms with van der Waals surface area (Å²) >= 11 is 0. The number of benzene rings is 1. The Morgan fingerprint density at radius 2 is 2.06 bits per heavy atom. The summed E-state index contributed by atoms with van der Waals surface area (Å²) in [6, 6.07) is 7.06. The number of ketones is 1. The number of Topliss-reactive ketones (excluding diaryl/α,β-unsaturated/α-hetero) is 1. The van der Waals surface area contributed by atoms with Gasteiger partial charge in [0.2, 0.25) is 0 Å². The molecular formula is C15H18O3. The van der Waals surface area contributed by atoms with Gasteiger partial charge >= 0.3 is 0 Å². The molecule has 1 aliphatic rings. The van der Waals surface area contributed by atoms with Crippen LogP contribution in [-0.2, 0) is 4.74 Å². The van der Waals surface area contributed by atoms with Crippen LogP contribution < -0.4 is 4.74 Å². The summed E-state index contributed by atoms with van der Waals surface area (Å²) in [4.78, 5) is 12.3. The maximum absolute atomic E-state index is 12.3. The maximum Gasteiger partial charge on any atom is 0.191 e. The van der Waals surface area contributed by atoms with E-state index in [0.29, 0.717) is 17.7 Å².